The zero-order valence-corrected chi connectivity index (χ0v) is 33.4. The summed E-state index contributed by atoms with van der Waals surface area (Å²) < 4.78 is 30.7. The van der Waals surface area contributed by atoms with Gasteiger partial charge in [0.15, 0.2) is 28.5 Å². The minimum atomic E-state index is -1.43. The molecule has 4 aromatic rings. The van der Waals surface area contributed by atoms with E-state index >= 15 is 4.79 Å². The highest BCUT2D eigenvalue weighted by Gasteiger charge is 2.62. The monoisotopic (exact) mass is 798 g/mol. The smallest absolute Gasteiger partial charge is 0.333 e. The fourth-order valence-corrected chi connectivity index (χ4v) is 12.5. The van der Waals surface area contributed by atoms with Gasteiger partial charge in [0.25, 0.3) is 0 Å². The average molecular weight is 799 g/mol. The van der Waals surface area contributed by atoms with Crippen LogP contribution in [0.2, 0.25) is 0 Å². The topological polar surface area (TPSA) is 175 Å². The maximum Gasteiger partial charge on any atom is 0.333 e. The number of H-pyrrole nitrogens is 1. The van der Waals surface area contributed by atoms with Gasteiger partial charge in [-0.25, -0.2) is 4.79 Å². The van der Waals surface area contributed by atoms with Crippen LogP contribution < -0.4 is 24.3 Å². The van der Waals surface area contributed by atoms with Crippen LogP contribution in [0, 0.1) is 20.8 Å². The molecular formula is C42H46N4O10S. The number of likely N-dealkylation sites (N-methyl/N-ethyl adjacent to an activating group) is 1. The molecule has 15 heteroatoms. The summed E-state index contributed by atoms with van der Waals surface area (Å²) in [4.78, 5) is 35.7. The number of methoxy groups -OCH3 is 1. The van der Waals surface area contributed by atoms with Gasteiger partial charge in [0.05, 0.1) is 42.8 Å². The summed E-state index contributed by atoms with van der Waals surface area (Å²) in [5.74, 6) is 0.735. The van der Waals surface area contributed by atoms with Crippen molar-refractivity contribution >= 4 is 34.6 Å². The second-order valence-corrected chi connectivity index (χ2v) is 17.5. The van der Waals surface area contributed by atoms with Crippen molar-refractivity contribution in [2.75, 3.05) is 39.9 Å². The number of ether oxygens (including phenoxy) is 5. The van der Waals surface area contributed by atoms with E-state index in [1.54, 1.807) is 7.11 Å². The number of aromatic amines is 1. The lowest BCUT2D eigenvalue weighted by molar-refractivity contribution is -0.186. The van der Waals surface area contributed by atoms with Crippen LogP contribution in [0.3, 0.4) is 0 Å². The van der Waals surface area contributed by atoms with Crippen molar-refractivity contribution in [3.8, 4) is 28.7 Å². The molecule has 2 saturated heterocycles. The third-order valence-corrected chi connectivity index (χ3v) is 14.7. The highest BCUT2D eigenvalue weighted by atomic mass is 32.2. The number of hydrogen-bond donors (Lipinski definition) is 5. The number of aromatic hydroxyl groups is 1. The van der Waals surface area contributed by atoms with E-state index in [4.69, 9.17) is 23.7 Å². The first-order chi connectivity index (χ1) is 27.4. The second-order valence-electron chi connectivity index (χ2n) is 16.3. The Bertz CT molecular complexity index is 2400. The van der Waals surface area contributed by atoms with Crippen LogP contribution in [-0.4, -0.2) is 106 Å². The molecule has 7 aliphatic rings. The minimum Gasteiger partial charge on any atom is -0.504 e. The van der Waals surface area contributed by atoms with Gasteiger partial charge in [-0.05, 0) is 69.5 Å². The number of nitrogens with one attached hydrogen (secondary N) is 2. The number of aliphatic hydroxyl groups excluding tert-OH is 2. The van der Waals surface area contributed by atoms with Crippen molar-refractivity contribution in [3.05, 3.63) is 74.5 Å². The maximum absolute atomic E-state index is 15.0. The van der Waals surface area contributed by atoms with Gasteiger partial charge in [-0.3, -0.25) is 19.9 Å². The zero-order chi connectivity index (χ0) is 39.8. The van der Waals surface area contributed by atoms with E-state index in [0.717, 1.165) is 33.2 Å². The number of thioether (sulfide) groups is 1. The van der Waals surface area contributed by atoms with Gasteiger partial charge in [0, 0.05) is 57.9 Å². The summed E-state index contributed by atoms with van der Waals surface area (Å²) in [5.41, 5.74) is 6.45. The number of carbonyl (C=O) groups is 2. The van der Waals surface area contributed by atoms with Crippen molar-refractivity contribution in [2.24, 2.45) is 0 Å². The fourth-order valence-electron chi connectivity index (χ4n) is 10.8. The van der Waals surface area contributed by atoms with Crippen LogP contribution in [0.4, 0.5) is 0 Å². The molecule has 1 aromatic heterocycles. The van der Waals surface area contributed by atoms with Crippen LogP contribution >= 0.6 is 11.8 Å². The molecular weight excluding hydrogens is 753 g/mol. The highest BCUT2D eigenvalue weighted by molar-refractivity contribution is 7.99. The standard InChI is InChI=1S/C42H46N4O10S/c1-17-7-8-25-23(9-17)24-12-22(13-47)44-42(39(24)43-25)15-57-38-30-29(37-36(54-16-55-37)19(3)35(30)56-20(4)48)27(14-53-41(42)51)46-32(38)31-28-21(11-26(40(46)50)45(31)5)10-18(2)34(52-6)33(28)49/h7-10,22,26-27,31-32,38,40,43-44,47,49-50H,11-16H2,1-6H3/t22-,26-,27-,31-,32+,38+,40-,42+/m0/s1. The van der Waals surface area contributed by atoms with Crippen molar-refractivity contribution in [2.45, 2.75) is 87.8 Å². The van der Waals surface area contributed by atoms with E-state index in [2.05, 4.69) is 21.3 Å². The third-order valence-electron chi connectivity index (χ3n) is 13.2. The summed E-state index contributed by atoms with van der Waals surface area (Å²) in [6.45, 7) is 6.65. The van der Waals surface area contributed by atoms with E-state index in [1.165, 1.54) is 18.7 Å². The van der Waals surface area contributed by atoms with Gasteiger partial charge in [-0.2, -0.15) is 0 Å². The first-order valence-electron chi connectivity index (χ1n) is 19.4. The Morgan fingerprint density at radius 1 is 1.07 bits per heavy atom. The third kappa shape index (κ3) is 5.02. The van der Waals surface area contributed by atoms with Crippen LogP contribution in [-0.2, 0) is 32.7 Å². The molecule has 0 aliphatic carbocycles. The number of esters is 2. The predicted molar refractivity (Wildman–Crippen MR) is 209 cm³/mol. The lowest BCUT2D eigenvalue weighted by Crippen LogP contribution is -2.70. The Hall–Kier alpha value is -4.51. The Labute approximate surface area is 333 Å². The molecule has 2 fully saturated rings. The number of phenols is 1. The van der Waals surface area contributed by atoms with E-state index < -0.39 is 59.2 Å². The molecule has 0 unspecified atom stereocenters. The van der Waals surface area contributed by atoms with E-state index in [0.29, 0.717) is 63.8 Å². The molecule has 8 heterocycles. The Morgan fingerprint density at radius 2 is 1.86 bits per heavy atom. The summed E-state index contributed by atoms with van der Waals surface area (Å²) in [7, 11) is 3.51. The molecule has 5 N–H and O–H groups in total. The van der Waals surface area contributed by atoms with Gasteiger partial charge in [-0.15, -0.1) is 11.8 Å². The number of piperazine rings is 1. The number of carbonyl (C=O) groups excluding carboxylic acids is 2. The number of benzene rings is 3. The SMILES string of the molecule is COc1c(C)cc2c(c1O)[C@H]1[C@@H]3[C@@H]4SC[C@]5(N[C@H](CO)Cc6c5[nH]c5ccc(C)cc65)C(=O)OC[C@@H](c5c6c(c(C)c(OC(C)=O)c54)OCO6)N3[C@@H](O)[C@H](C2)N1C. The molecule has 11 rings (SSSR count). The number of phenolic OH excluding ortho intramolecular Hbond substituents is 1. The van der Waals surface area contributed by atoms with Crippen molar-refractivity contribution in [3.63, 3.8) is 0 Å². The van der Waals surface area contributed by atoms with E-state index in [1.807, 2.05) is 50.9 Å². The van der Waals surface area contributed by atoms with Crippen molar-refractivity contribution in [1.82, 2.24) is 20.1 Å². The largest absolute Gasteiger partial charge is 0.504 e. The highest BCUT2D eigenvalue weighted by Crippen LogP contribution is 2.64. The normalized spacial score (nSPS) is 30.0. The molecule has 0 saturated carbocycles. The number of hydrogen-bond acceptors (Lipinski definition) is 14. The van der Waals surface area contributed by atoms with Gasteiger partial charge in [-0.1, -0.05) is 17.7 Å². The van der Waals surface area contributed by atoms with Crippen LogP contribution in [0.25, 0.3) is 10.9 Å². The van der Waals surface area contributed by atoms with E-state index in [9.17, 15) is 20.1 Å². The minimum absolute atomic E-state index is 0.0417. The second kappa shape index (κ2) is 13.0. The van der Waals surface area contributed by atoms with Gasteiger partial charge < -0.3 is 44.0 Å². The Morgan fingerprint density at radius 3 is 2.61 bits per heavy atom. The van der Waals surface area contributed by atoms with E-state index in [-0.39, 0.29) is 31.5 Å². The number of aryl methyl sites for hydroxylation is 2. The Balaban J connectivity index is 1.24. The summed E-state index contributed by atoms with van der Waals surface area (Å²) >= 11 is 1.48. The first-order valence-corrected chi connectivity index (χ1v) is 20.4. The van der Waals surface area contributed by atoms with Crippen LogP contribution in [0.5, 0.6) is 28.7 Å². The van der Waals surface area contributed by atoms with Crippen LogP contribution in [0.1, 0.15) is 74.5 Å². The summed E-state index contributed by atoms with van der Waals surface area (Å²) in [6, 6.07) is 5.45. The van der Waals surface area contributed by atoms with Crippen LogP contribution in [0.15, 0.2) is 24.3 Å². The maximum atomic E-state index is 15.0. The average Bonchev–Trinajstić information content (AvgIpc) is 3.82. The number of aliphatic hydroxyl groups is 2. The molecule has 0 radical (unpaired) electrons. The summed E-state index contributed by atoms with van der Waals surface area (Å²) in [6.07, 6.45) is -0.101. The molecule has 0 amide bonds. The number of fused-ring (bicyclic) bond motifs is 11. The van der Waals surface area contributed by atoms with Gasteiger partial charge in [0.2, 0.25) is 6.79 Å². The Kier molecular flexibility index (Phi) is 8.39. The molecule has 14 nitrogen and oxygen atoms in total. The molecule has 3 aromatic carbocycles. The lowest BCUT2D eigenvalue weighted by atomic mass is 9.73. The molecule has 1 spiro atoms. The molecule has 57 heavy (non-hydrogen) atoms. The molecule has 300 valence electrons. The number of rotatable bonds is 3. The predicted octanol–water partition coefficient (Wildman–Crippen LogP) is 3.85. The summed E-state index contributed by atoms with van der Waals surface area (Å²) in [5, 5.41) is 39.3. The van der Waals surface area contributed by atoms with Crippen molar-refractivity contribution in [1.29, 1.82) is 0 Å². The lowest BCUT2D eigenvalue weighted by Gasteiger charge is -2.62. The van der Waals surface area contributed by atoms with Gasteiger partial charge in [0.1, 0.15) is 18.6 Å². The van der Waals surface area contributed by atoms with Crippen molar-refractivity contribution < 1.29 is 48.6 Å². The zero-order valence-electron chi connectivity index (χ0n) is 32.6. The molecule has 8 atom stereocenters. The molecule has 4 bridgehead atoms. The van der Waals surface area contributed by atoms with Gasteiger partial charge >= 0.3 is 11.9 Å². The number of aromatic nitrogens is 1. The number of nitrogens with zero attached hydrogens (tertiary/aromatic N) is 2. The quantitative estimate of drug-likeness (QED) is 0.149. The fraction of sp³-hybridized carbons (Fsp3) is 0.476. The molecule has 7 aliphatic heterocycles. The first kappa shape index (κ1) is 36.8.